The van der Waals surface area contributed by atoms with E-state index in [0.29, 0.717) is 24.2 Å². The molecular weight excluding hydrogens is 447 g/mol. The number of aromatic nitrogens is 3. The molecule has 1 aliphatic rings. The first-order valence-corrected chi connectivity index (χ1v) is 12.3. The van der Waals surface area contributed by atoms with Gasteiger partial charge in [0, 0.05) is 36.4 Å². The van der Waals surface area contributed by atoms with Crippen molar-refractivity contribution in [2.45, 2.75) is 44.7 Å². The SMILES string of the molecule is COc1ccc2nccc([C@@H](F)CC[C@@H]3CCN(CCCc4ccncn4)C[C@@H]3CC(=O)O)c2c1. The molecule has 1 N–H and O–H groups in total. The number of fused-ring (bicyclic) bond motifs is 1. The molecule has 3 heterocycles. The van der Waals surface area contributed by atoms with Crippen molar-refractivity contribution < 1.29 is 19.0 Å². The lowest BCUT2D eigenvalue weighted by Gasteiger charge is -2.38. The van der Waals surface area contributed by atoms with Gasteiger partial charge < -0.3 is 14.7 Å². The van der Waals surface area contributed by atoms with Crippen LogP contribution in [0.2, 0.25) is 0 Å². The van der Waals surface area contributed by atoms with Crippen molar-refractivity contribution in [3.8, 4) is 5.75 Å². The highest BCUT2D eigenvalue weighted by Crippen LogP contribution is 2.36. The zero-order valence-electron chi connectivity index (χ0n) is 20.1. The van der Waals surface area contributed by atoms with E-state index < -0.39 is 12.1 Å². The third-order valence-electron chi connectivity index (χ3n) is 7.07. The summed E-state index contributed by atoms with van der Waals surface area (Å²) < 4.78 is 20.8. The Morgan fingerprint density at radius 1 is 1.23 bits per heavy atom. The molecule has 3 atom stereocenters. The molecule has 1 aliphatic heterocycles. The highest BCUT2D eigenvalue weighted by molar-refractivity contribution is 5.83. The summed E-state index contributed by atoms with van der Waals surface area (Å²) in [6, 6.07) is 9.16. The number of pyridine rings is 1. The number of alkyl halides is 1. The van der Waals surface area contributed by atoms with Crippen molar-refractivity contribution in [2.75, 3.05) is 26.7 Å². The minimum absolute atomic E-state index is 0.0294. The van der Waals surface area contributed by atoms with Gasteiger partial charge >= 0.3 is 5.97 Å². The van der Waals surface area contributed by atoms with Crippen LogP contribution in [0.5, 0.6) is 5.75 Å². The third kappa shape index (κ3) is 6.72. The first-order chi connectivity index (χ1) is 17.0. The predicted octanol–water partition coefficient (Wildman–Crippen LogP) is 4.87. The zero-order valence-corrected chi connectivity index (χ0v) is 20.1. The summed E-state index contributed by atoms with van der Waals surface area (Å²) >= 11 is 0. The van der Waals surface area contributed by atoms with Gasteiger partial charge in [0.1, 0.15) is 18.2 Å². The van der Waals surface area contributed by atoms with Crippen LogP contribution in [0.4, 0.5) is 4.39 Å². The number of carboxylic acid groups (broad SMARTS) is 1. The number of piperidine rings is 1. The average molecular weight is 481 g/mol. The van der Waals surface area contributed by atoms with Crippen molar-refractivity contribution in [2.24, 2.45) is 11.8 Å². The summed E-state index contributed by atoms with van der Waals surface area (Å²) in [6.45, 7) is 2.56. The largest absolute Gasteiger partial charge is 0.497 e. The maximum Gasteiger partial charge on any atom is 0.303 e. The average Bonchev–Trinajstić information content (AvgIpc) is 2.87. The molecule has 1 fully saturated rings. The number of benzene rings is 1. The molecule has 35 heavy (non-hydrogen) atoms. The van der Waals surface area contributed by atoms with Gasteiger partial charge in [-0.1, -0.05) is 0 Å². The van der Waals surface area contributed by atoms with Gasteiger partial charge in [-0.05, 0) is 92.9 Å². The molecule has 4 rings (SSSR count). The first kappa shape index (κ1) is 25.0. The normalized spacial score (nSPS) is 19.5. The molecule has 0 unspecified atom stereocenters. The van der Waals surface area contributed by atoms with E-state index in [-0.39, 0.29) is 18.3 Å². The third-order valence-corrected chi connectivity index (χ3v) is 7.07. The van der Waals surface area contributed by atoms with E-state index in [1.165, 1.54) is 0 Å². The second-order valence-electron chi connectivity index (χ2n) is 9.34. The fourth-order valence-corrected chi connectivity index (χ4v) is 5.21. The van der Waals surface area contributed by atoms with Gasteiger partial charge in [0.25, 0.3) is 0 Å². The Bertz CT molecular complexity index is 1110. The summed E-state index contributed by atoms with van der Waals surface area (Å²) in [5.74, 6) is 0.117. The maximum absolute atomic E-state index is 15.4. The molecule has 0 aliphatic carbocycles. The van der Waals surface area contributed by atoms with Crippen LogP contribution >= 0.6 is 0 Å². The van der Waals surface area contributed by atoms with E-state index in [1.54, 1.807) is 31.9 Å². The lowest BCUT2D eigenvalue weighted by Crippen LogP contribution is -2.42. The number of likely N-dealkylation sites (tertiary alicyclic amines) is 1. The monoisotopic (exact) mass is 480 g/mol. The Morgan fingerprint density at radius 2 is 2.11 bits per heavy atom. The number of nitrogens with zero attached hydrogens (tertiary/aromatic N) is 4. The fourth-order valence-electron chi connectivity index (χ4n) is 5.21. The lowest BCUT2D eigenvalue weighted by molar-refractivity contribution is -0.139. The van der Waals surface area contributed by atoms with Crippen molar-refractivity contribution in [1.29, 1.82) is 0 Å². The van der Waals surface area contributed by atoms with E-state index in [0.717, 1.165) is 55.5 Å². The Kier molecular flexibility index (Phi) is 8.58. The minimum Gasteiger partial charge on any atom is -0.497 e. The number of halogens is 1. The molecule has 2 aromatic heterocycles. The Hall–Kier alpha value is -3.13. The molecule has 186 valence electrons. The van der Waals surface area contributed by atoms with Crippen LogP contribution in [0.25, 0.3) is 10.9 Å². The summed E-state index contributed by atoms with van der Waals surface area (Å²) in [4.78, 5) is 26.5. The molecule has 0 bridgehead atoms. The molecule has 0 radical (unpaired) electrons. The van der Waals surface area contributed by atoms with Crippen LogP contribution < -0.4 is 4.74 Å². The van der Waals surface area contributed by atoms with Gasteiger partial charge in [0.2, 0.25) is 0 Å². The van der Waals surface area contributed by atoms with Crippen molar-refractivity contribution in [3.05, 3.63) is 60.3 Å². The predicted molar refractivity (Wildman–Crippen MR) is 132 cm³/mol. The number of aliphatic carboxylic acids is 1. The van der Waals surface area contributed by atoms with E-state index in [4.69, 9.17) is 4.74 Å². The zero-order chi connectivity index (χ0) is 24.6. The molecule has 0 saturated carbocycles. The Labute approximate surface area is 205 Å². The lowest BCUT2D eigenvalue weighted by atomic mass is 9.79. The van der Waals surface area contributed by atoms with Crippen LogP contribution in [0.1, 0.15) is 49.5 Å². The minimum atomic E-state index is -1.14. The van der Waals surface area contributed by atoms with Crippen molar-refractivity contribution >= 4 is 16.9 Å². The Morgan fingerprint density at radius 3 is 2.89 bits per heavy atom. The van der Waals surface area contributed by atoms with Gasteiger partial charge in [-0.2, -0.15) is 0 Å². The summed E-state index contributed by atoms with van der Waals surface area (Å²) in [7, 11) is 1.59. The van der Waals surface area contributed by atoms with Crippen molar-refractivity contribution in [1.82, 2.24) is 19.9 Å². The smallest absolute Gasteiger partial charge is 0.303 e. The van der Waals surface area contributed by atoms with E-state index in [1.807, 2.05) is 24.3 Å². The molecule has 1 saturated heterocycles. The molecule has 8 heteroatoms. The van der Waals surface area contributed by atoms with Crippen LogP contribution in [0, 0.1) is 11.8 Å². The molecule has 0 spiro atoms. The first-order valence-electron chi connectivity index (χ1n) is 12.3. The number of rotatable bonds is 11. The number of hydrogen-bond donors (Lipinski definition) is 1. The van der Waals surface area contributed by atoms with Gasteiger partial charge in [-0.25, -0.2) is 14.4 Å². The van der Waals surface area contributed by atoms with Crippen molar-refractivity contribution in [3.63, 3.8) is 0 Å². The highest BCUT2D eigenvalue weighted by Gasteiger charge is 2.31. The van der Waals surface area contributed by atoms with Crippen LogP contribution in [0.3, 0.4) is 0 Å². The summed E-state index contributed by atoms with van der Waals surface area (Å²) in [5, 5.41) is 10.3. The van der Waals surface area contributed by atoms with Crippen LogP contribution in [-0.2, 0) is 11.2 Å². The number of methoxy groups -OCH3 is 1. The van der Waals surface area contributed by atoms with E-state index >= 15 is 4.39 Å². The quantitative estimate of drug-likeness (QED) is 0.419. The molecule has 3 aromatic rings. The summed E-state index contributed by atoms with van der Waals surface area (Å²) in [6.07, 6.45) is 7.71. The number of carboxylic acids is 1. The number of ether oxygens (including phenoxy) is 1. The second-order valence-corrected chi connectivity index (χ2v) is 9.34. The fraction of sp³-hybridized carbons (Fsp3) is 0.481. The molecule has 0 amide bonds. The van der Waals surface area contributed by atoms with Crippen LogP contribution in [-0.4, -0.2) is 57.7 Å². The van der Waals surface area contributed by atoms with E-state index in [9.17, 15) is 9.90 Å². The topological polar surface area (TPSA) is 88.4 Å². The molecule has 1 aromatic carbocycles. The molecular formula is C27H33FN4O3. The highest BCUT2D eigenvalue weighted by atomic mass is 19.1. The molecule has 7 nitrogen and oxygen atoms in total. The standard InChI is InChI=1S/C27H33FN4O3/c1-35-22-5-7-26-24(16-22)23(9-12-30-26)25(28)6-4-19-10-14-32(17-20(19)15-27(33)34)13-2-3-21-8-11-29-18-31-21/h5,7-9,11-12,16,18-20,25H,2-4,6,10,13-15,17H2,1H3,(H,33,34)/t19-,20+,25+/m1/s1. The number of aryl methyl sites for hydroxylation is 1. The summed E-state index contributed by atoms with van der Waals surface area (Å²) in [5.41, 5.74) is 2.38. The van der Waals surface area contributed by atoms with Gasteiger partial charge in [0.05, 0.1) is 12.6 Å². The second kappa shape index (κ2) is 12.0. The Balaban J connectivity index is 1.35. The van der Waals surface area contributed by atoms with Gasteiger partial charge in [-0.3, -0.25) is 9.78 Å². The maximum atomic E-state index is 15.4. The number of hydrogen-bond acceptors (Lipinski definition) is 6. The number of carbonyl (C=O) groups is 1. The van der Waals surface area contributed by atoms with Gasteiger partial charge in [-0.15, -0.1) is 0 Å². The van der Waals surface area contributed by atoms with Gasteiger partial charge in [0.15, 0.2) is 0 Å². The van der Waals surface area contributed by atoms with E-state index in [2.05, 4.69) is 19.9 Å². The van der Waals surface area contributed by atoms with Crippen LogP contribution in [0.15, 0.2) is 49.1 Å².